The highest BCUT2D eigenvalue weighted by molar-refractivity contribution is 6.16. The Hall–Kier alpha value is -1.65. The van der Waals surface area contributed by atoms with Crippen molar-refractivity contribution in [3.63, 3.8) is 0 Å². The largest absolute Gasteiger partial charge is 0.333 e. The molecule has 2 unspecified atom stereocenters. The summed E-state index contributed by atoms with van der Waals surface area (Å²) in [6.07, 6.45) is 4.92. The number of rotatable bonds is 0. The van der Waals surface area contributed by atoms with Gasteiger partial charge in [-0.05, 0) is 12.8 Å². The highest BCUT2D eigenvalue weighted by Crippen LogP contribution is 2.35. The molecule has 0 bridgehead atoms. The topological polar surface area (TPSA) is 57.7 Å². The highest BCUT2D eigenvalue weighted by Gasteiger charge is 2.50. The standard InChI is InChI=1S/C11H14N2O3/c1-12(2)11(16)13-9(14)7-5-3-4-6-8(7)10(13)15/h3-4,7-8H,5-6H2,1-2H3. The molecule has 0 aromatic rings. The molecule has 16 heavy (non-hydrogen) atoms. The molecule has 0 aromatic heterocycles. The van der Waals surface area contributed by atoms with Crippen molar-refractivity contribution in [3.8, 4) is 0 Å². The summed E-state index contributed by atoms with van der Waals surface area (Å²) >= 11 is 0. The van der Waals surface area contributed by atoms with Crippen molar-refractivity contribution in [1.29, 1.82) is 0 Å². The second kappa shape index (κ2) is 3.73. The minimum absolute atomic E-state index is 0.332. The lowest BCUT2D eigenvalue weighted by atomic mass is 9.85. The van der Waals surface area contributed by atoms with Crippen molar-refractivity contribution in [3.05, 3.63) is 12.2 Å². The van der Waals surface area contributed by atoms with Crippen LogP contribution in [0.3, 0.4) is 0 Å². The zero-order valence-electron chi connectivity index (χ0n) is 9.34. The van der Waals surface area contributed by atoms with E-state index in [0.29, 0.717) is 12.8 Å². The minimum Gasteiger partial charge on any atom is -0.330 e. The highest BCUT2D eigenvalue weighted by atomic mass is 16.2. The van der Waals surface area contributed by atoms with Crippen LogP contribution in [0, 0.1) is 11.8 Å². The average Bonchev–Trinajstić information content (AvgIpc) is 2.52. The first kappa shape index (κ1) is 10.9. The molecular formula is C11H14N2O3. The summed E-state index contributed by atoms with van der Waals surface area (Å²) in [5, 5.41) is 0. The molecule has 0 spiro atoms. The number of fused-ring (bicyclic) bond motifs is 1. The molecule has 86 valence electrons. The molecule has 5 nitrogen and oxygen atoms in total. The van der Waals surface area contributed by atoms with Crippen molar-refractivity contribution >= 4 is 17.8 Å². The molecule has 1 fully saturated rings. The van der Waals surface area contributed by atoms with Gasteiger partial charge >= 0.3 is 6.03 Å². The predicted octanol–water partition coefficient (Wildman–Crippen LogP) is 0.619. The number of hydrogen-bond acceptors (Lipinski definition) is 3. The summed E-state index contributed by atoms with van der Waals surface area (Å²) in [6, 6.07) is -0.538. The first-order valence-electron chi connectivity index (χ1n) is 5.28. The zero-order valence-corrected chi connectivity index (χ0v) is 9.34. The Morgan fingerprint density at radius 3 is 2.00 bits per heavy atom. The van der Waals surface area contributed by atoms with Gasteiger partial charge < -0.3 is 4.90 Å². The van der Waals surface area contributed by atoms with Gasteiger partial charge in [0.25, 0.3) is 0 Å². The van der Waals surface area contributed by atoms with Crippen LogP contribution in [-0.2, 0) is 9.59 Å². The maximum absolute atomic E-state index is 11.9. The number of likely N-dealkylation sites (tertiary alicyclic amines) is 1. The lowest BCUT2D eigenvalue weighted by Gasteiger charge is -2.17. The number of nitrogens with zero attached hydrogens (tertiary/aromatic N) is 2. The van der Waals surface area contributed by atoms with Gasteiger partial charge in [0.2, 0.25) is 11.8 Å². The van der Waals surface area contributed by atoms with E-state index in [1.807, 2.05) is 12.2 Å². The summed E-state index contributed by atoms with van der Waals surface area (Å²) < 4.78 is 0. The second-order valence-corrected chi connectivity index (χ2v) is 4.34. The number of hydrogen-bond donors (Lipinski definition) is 0. The SMILES string of the molecule is CN(C)C(=O)N1C(=O)C2CC=CCC2C1=O. The van der Waals surface area contributed by atoms with Crippen LogP contribution in [0.15, 0.2) is 12.2 Å². The number of imide groups is 3. The number of amides is 4. The van der Waals surface area contributed by atoms with Crippen LogP contribution in [-0.4, -0.2) is 41.7 Å². The van der Waals surface area contributed by atoms with Gasteiger partial charge in [-0.1, -0.05) is 12.2 Å². The van der Waals surface area contributed by atoms with Gasteiger partial charge in [0.15, 0.2) is 0 Å². The van der Waals surface area contributed by atoms with Crippen LogP contribution in [0.2, 0.25) is 0 Å². The van der Waals surface area contributed by atoms with Crippen molar-refractivity contribution in [1.82, 2.24) is 9.80 Å². The van der Waals surface area contributed by atoms with E-state index in [0.717, 1.165) is 4.90 Å². The molecule has 1 aliphatic heterocycles. The molecule has 4 amide bonds. The van der Waals surface area contributed by atoms with E-state index >= 15 is 0 Å². The molecule has 2 rings (SSSR count). The fourth-order valence-electron chi connectivity index (χ4n) is 2.19. The maximum atomic E-state index is 11.9. The first-order valence-corrected chi connectivity index (χ1v) is 5.28. The molecule has 2 atom stereocenters. The van der Waals surface area contributed by atoms with Crippen molar-refractivity contribution in [2.45, 2.75) is 12.8 Å². The fourth-order valence-corrected chi connectivity index (χ4v) is 2.19. The van der Waals surface area contributed by atoms with Gasteiger partial charge in [-0.25, -0.2) is 4.79 Å². The number of urea groups is 1. The minimum atomic E-state index is -0.538. The van der Waals surface area contributed by atoms with Crippen molar-refractivity contribution < 1.29 is 14.4 Å². The molecule has 0 aromatic carbocycles. The van der Waals surface area contributed by atoms with Crippen molar-refractivity contribution in [2.75, 3.05) is 14.1 Å². The van der Waals surface area contributed by atoms with E-state index in [1.54, 1.807) is 0 Å². The second-order valence-electron chi connectivity index (χ2n) is 4.34. The first-order chi connectivity index (χ1) is 7.54. The van der Waals surface area contributed by atoms with Gasteiger partial charge in [0.1, 0.15) is 0 Å². The van der Waals surface area contributed by atoms with Gasteiger partial charge in [-0.3, -0.25) is 9.59 Å². The van der Waals surface area contributed by atoms with Gasteiger partial charge in [-0.15, -0.1) is 0 Å². The van der Waals surface area contributed by atoms with E-state index in [2.05, 4.69) is 0 Å². The Labute approximate surface area is 93.7 Å². The molecular weight excluding hydrogens is 208 g/mol. The summed E-state index contributed by atoms with van der Waals surface area (Å²) in [5.41, 5.74) is 0. The van der Waals surface area contributed by atoms with E-state index in [1.165, 1.54) is 19.0 Å². The predicted molar refractivity (Wildman–Crippen MR) is 56.3 cm³/mol. The summed E-state index contributed by atoms with van der Waals surface area (Å²) in [4.78, 5) is 37.6. The Kier molecular flexibility index (Phi) is 2.53. The van der Waals surface area contributed by atoms with E-state index < -0.39 is 6.03 Å². The Morgan fingerprint density at radius 2 is 1.62 bits per heavy atom. The third kappa shape index (κ3) is 1.43. The molecule has 0 N–H and O–H groups in total. The number of carbonyl (C=O) groups is 3. The molecule has 0 saturated carbocycles. The van der Waals surface area contributed by atoms with Crippen LogP contribution >= 0.6 is 0 Å². The normalized spacial score (nSPS) is 28.2. The zero-order chi connectivity index (χ0) is 11.9. The molecule has 5 heteroatoms. The fraction of sp³-hybridized carbons (Fsp3) is 0.545. The van der Waals surface area contributed by atoms with Crippen LogP contribution < -0.4 is 0 Å². The van der Waals surface area contributed by atoms with Gasteiger partial charge in [0.05, 0.1) is 11.8 Å². The van der Waals surface area contributed by atoms with Gasteiger partial charge in [-0.2, -0.15) is 4.90 Å². The van der Waals surface area contributed by atoms with Crippen LogP contribution in [0.5, 0.6) is 0 Å². The van der Waals surface area contributed by atoms with Gasteiger partial charge in [0, 0.05) is 14.1 Å². The lowest BCUT2D eigenvalue weighted by Crippen LogP contribution is -2.43. The van der Waals surface area contributed by atoms with Crippen molar-refractivity contribution in [2.24, 2.45) is 11.8 Å². The Bertz CT molecular complexity index is 361. The van der Waals surface area contributed by atoms with Crippen LogP contribution in [0.1, 0.15) is 12.8 Å². The summed E-state index contributed by atoms with van der Waals surface area (Å²) in [5.74, 6) is -1.36. The third-order valence-corrected chi connectivity index (χ3v) is 3.08. The Morgan fingerprint density at radius 1 is 1.19 bits per heavy atom. The monoisotopic (exact) mass is 222 g/mol. The lowest BCUT2D eigenvalue weighted by molar-refractivity contribution is -0.136. The van der Waals surface area contributed by atoms with Crippen LogP contribution in [0.25, 0.3) is 0 Å². The quantitative estimate of drug-likeness (QED) is 0.446. The molecule has 1 aliphatic carbocycles. The average molecular weight is 222 g/mol. The maximum Gasteiger partial charge on any atom is 0.333 e. The molecule has 1 saturated heterocycles. The van der Waals surface area contributed by atoms with E-state index in [9.17, 15) is 14.4 Å². The summed E-state index contributed by atoms with van der Waals surface area (Å²) in [7, 11) is 3.06. The van der Waals surface area contributed by atoms with E-state index in [4.69, 9.17) is 0 Å². The molecule has 0 radical (unpaired) electrons. The number of carbonyl (C=O) groups excluding carboxylic acids is 3. The Balaban J connectivity index is 2.28. The number of allylic oxidation sites excluding steroid dienone is 2. The summed E-state index contributed by atoms with van der Waals surface area (Å²) in [6.45, 7) is 0. The molecule has 2 aliphatic rings. The van der Waals surface area contributed by atoms with E-state index in [-0.39, 0.29) is 23.7 Å². The third-order valence-electron chi connectivity index (χ3n) is 3.08. The van der Waals surface area contributed by atoms with Crippen LogP contribution in [0.4, 0.5) is 4.79 Å². The molecule has 1 heterocycles. The smallest absolute Gasteiger partial charge is 0.330 e.